The third-order valence-corrected chi connectivity index (χ3v) is 5.53. The summed E-state index contributed by atoms with van der Waals surface area (Å²) in [4.78, 5) is 21.8. The van der Waals surface area contributed by atoms with Gasteiger partial charge < -0.3 is 24.3 Å². The Morgan fingerprint density at radius 1 is 1.25 bits per heavy atom. The van der Waals surface area contributed by atoms with Crippen LogP contribution in [0.15, 0.2) is 53.2 Å². The normalized spacial score (nSPS) is 13.9. The van der Waals surface area contributed by atoms with Crippen molar-refractivity contribution in [2.45, 2.75) is 6.42 Å². The molecule has 4 aromatic rings. The number of nitrogens with one attached hydrogen (secondary N) is 1. The highest BCUT2D eigenvalue weighted by molar-refractivity contribution is 5.97. The molecule has 0 fully saturated rings. The summed E-state index contributed by atoms with van der Waals surface area (Å²) in [6.07, 6.45) is 4.26. The van der Waals surface area contributed by atoms with Crippen LogP contribution in [-0.2, 0) is 0 Å². The number of fused-ring (bicyclic) bond motifs is 1. The van der Waals surface area contributed by atoms with E-state index in [-0.39, 0.29) is 23.4 Å². The maximum atomic E-state index is 13.9. The molecule has 0 spiro atoms. The van der Waals surface area contributed by atoms with Crippen molar-refractivity contribution in [1.29, 1.82) is 0 Å². The number of benzene rings is 1. The Morgan fingerprint density at radius 2 is 2.12 bits per heavy atom. The quantitative estimate of drug-likeness (QED) is 0.503. The first kappa shape index (κ1) is 19.8. The lowest BCUT2D eigenvalue weighted by Gasteiger charge is -2.25. The number of nitrogens with zero attached hydrogens (tertiary/aromatic N) is 3. The molecular formula is C23H19FN4O4. The van der Waals surface area contributed by atoms with Gasteiger partial charge in [-0.25, -0.2) is 9.37 Å². The summed E-state index contributed by atoms with van der Waals surface area (Å²) in [5, 5.41) is 13.5. The van der Waals surface area contributed by atoms with E-state index >= 15 is 0 Å². The number of ether oxygens (including phenoxy) is 1. The molecule has 32 heavy (non-hydrogen) atoms. The van der Waals surface area contributed by atoms with Crippen molar-refractivity contribution < 1.29 is 23.6 Å². The van der Waals surface area contributed by atoms with Crippen molar-refractivity contribution in [2.24, 2.45) is 0 Å². The van der Waals surface area contributed by atoms with Crippen LogP contribution in [0.1, 0.15) is 22.7 Å². The van der Waals surface area contributed by atoms with E-state index in [1.807, 2.05) is 18.2 Å². The fourth-order valence-electron chi connectivity index (χ4n) is 3.95. The molecule has 3 aromatic heterocycles. The minimum Gasteiger partial charge on any atom is -0.496 e. The Bertz CT molecular complexity index is 1360. The number of hydrogen-bond donors (Lipinski definition) is 2. The van der Waals surface area contributed by atoms with Gasteiger partial charge in [0.1, 0.15) is 17.2 Å². The predicted octanol–water partition coefficient (Wildman–Crippen LogP) is 4.00. The Morgan fingerprint density at radius 3 is 2.84 bits per heavy atom. The molecule has 0 aliphatic carbocycles. The highest BCUT2D eigenvalue weighted by Crippen LogP contribution is 2.36. The molecule has 162 valence electrons. The van der Waals surface area contributed by atoms with E-state index in [0.717, 1.165) is 22.2 Å². The van der Waals surface area contributed by atoms with Crippen molar-refractivity contribution in [1.82, 2.24) is 20.0 Å². The fraction of sp³-hybridized carbons (Fsp3) is 0.174. The number of amides is 1. The maximum absolute atomic E-state index is 13.9. The number of hydrogen-bond acceptors (Lipinski definition) is 6. The van der Waals surface area contributed by atoms with Gasteiger partial charge in [0.05, 0.1) is 13.2 Å². The lowest BCUT2D eigenvalue weighted by Crippen LogP contribution is -2.34. The van der Waals surface area contributed by atoms with Crippen LogP contribution in [0, 0.1) is 5.82 Å². The van der Waals surface area contributed by atoms with Crippen LogP contribution >= 0.6 is 0 Å². The highest BCUT2D eigenvalue weighted by atomic mass is 19.1. The molecule has 1 amide bonds. The van der Waals surface area contributed by atoms with E-state index < -0.39 is 0 Å². The highest BCUT2D eigenvalue weighted by Gasteiger charge is 2.24. The zero-order valence-corrected chi connectivity index (χ0v) is 17.1. The average molecular weight is 434 g/mol. The third kappa shape index (κ3) is 3.47. The van der Waals surface area contributed by atoms with E-state index in [2.05, 4.69) is 15.1 Å². The summed E-state index contributed by atoms with van der Waals surface area (Å²) in [6, 6.07) is 9.44. The van der Waals surface area contributed by atoms with E-state index in [1.165, 1.54) is 18.2 Å². The summed E-state index contributed by atoms with van der Waals surface area (Å²) in [7, 11) is 1.55. The summed E-state index contributed by atoms with van der Waals surface area (Å²) in [6.45, 7) is 0.877. The topological polar surface area (TPSA) is 104 Å². The second-order valence-electron chi connectivity index (χ2n) is 7.43. The van der Waals surface area contributed by atoms with Crippen LogP contribution < -0.4 is 4.74 Å². The SMILES string of the molecule is COc1ccc(F)cc1-c1ccnc2[nH]c(C3=CCN(C(=O)c4cc(O)no4)CC3)cc12. The Kier molecular flexibility index (Phi) is 4.85. The minimum atomic E-state index is -0.346. The van der Waals surface area contributed by atoms with E-state index in [0.29, 0.717) is 36.5 Å². The summed E-state index contributed by atoms with van der Waals surface area (Å²) < 4.78 is 24.2. The van der Waals surface area contributed by atoms with Crippen LogP contribution in [0.25, 0.3) is 27.7 Å². The lowest BCUT2D eigenvalue weighted by molar-refractivity contribution is 0.0731. The van der Waals surface area contributed by atoms with Gasteiger partial charge in [0.15, 0.2) is 0 Å². The van der Waals surface area contributed by atoms with Gasteiger partial charge in [-0.2, -0.15) is 0 Å². The van der Waals surface area contributed by atoms with Crippen molar-refractivity contribution in [2.75, 3.05) is 20.2 Å². The van der Waals surface area contributed by atoms with Gasteiger partial charge in [0, 0.05) is 35.9 Å². The zero-order chi connectivity index (χ0) is 22.2. The fourth-order valence-corrected chi connectivity index (χ4v) is 3.95. The van der Waals surface area contributed by atoms with Gasteiger partial charge in [-0.3, -0.25) is 4.79 Å². The smallest absolute Gasteiger partial charge is 0.292 e. The molecule has 0 saturated heterocycles. The van der Waals surface area contributed by atoms with Gasteiger partial charge in [-0.15, -0.1) is 0 Å². The molecule has 1 aromatic carbocycles. The first-order chi connectivity index (χ1) is 15.5. The summed E-state index contributed by atoms with van der Waals surface area (Å²) in [5.41, 5.74) is 4.08. The van der Waals surface area contributed by atoms with Gasteiger partial charge >= 0.3 is 0 Å². The number of halogens is 1. The van der Waals surface area contributed by atoms with E-state index in [4.69, 9.17) is 9.26 Å². The third-order valence-electron chi connectivity index (χ3n) is 5.53. The maximum Gasteiger partial charge on any atom is 0.292 e. The number of H-pyrrole nitrogens is 1. The van der Waals surface area contributed by atoms with Crippen molar-refractivity contribution in [3.8, 4) is 22.8 Å². The number of rotatable bonds is 4. The average Bonchev–Trinajstić information content (AvgIpc) is 3.45. The second-order valence-corrected chi connectivity index (χ2v) is 7.43. The van der Waals surface area contributed by atoms with E-state index in [9.17, 15) is 14.3 Å². The van der Waals surface area contributed by atoms with Crippen LogP contribution in [0.3, 0.4) is 0 Å². The van der Waals surface area contributed by atoms with Crippen molar-refractivity contribution >= 4 is 22.5 Å². The lowest BCUT2D eigenvalue weighted by atomic mass is 10.0. The van der Waals surface area contributed by atoms with Gasteiger partial charge in [-0.05, 0) is 53.0 Å². The zero-order valence-electron chi connectivity index (χ0n) is 17.1. The molecule has 9 heteroatoms. The number of aromatic hydroxyl groups is 1. The number of aromatic nitrogens is 3. The Labute approximate surface area is 181 Å². The number of pyridine rings is 1. The standard InChI is InChI=1S/C23H19FN4O4/c1-31-19-3-2-14(24)10-16(19)15-4-7-25-22-17(15)11-18(26-22)13-5-8-28(9-6-13)23(30)20-12-21(29)27-32-20/h2-5,7,10-12H,6,8-9H2,1H3,(H,25,26)(H,27,29). The van der Waals surface area contributed by atoms with Crippen molar-refractivity contribution in [3.63, 3.8) is 0 Å². The van der Waals surface area contributed by atoms with Crippen LogP contribution in [0.5, 0.6) is 11.6 Å². The van der Waals surface area contributed by atoms with Crippen molar-refractivity contribution in [3.05, 3.63) is 65.9 Å². The molecule has 0 unspecified atom stereocenters. The monoisotopic (exact) mass is 434 g/mol. The largest absolute Gasteiger partial charge is 0.496 e. The molecule has 0 bridgehead atoms. The molecule has 0 atom stereocenters. The van der Waals surface area contributed by atoms with Gasteiger partial charge in [0.25, 0.3) is 11.8 Å². The van der Waals surface area contributed by atoms with E-state index in [1.54, 1.807) is 24.3 Å². The summed E-state index contributed by atoms with van der Waals surface area (Å²) in [5.74, 6) is -0.417. The Balaban J connectivity index is 1.45. The number of carbonyl (C=O) groups excluding carboxylic acids is 1. The second kappa shape index (κ2) is 7.84. The van der Waals surface area contributed by atoms with Crippen LogP contribution in [0.4, 0.5) is 4.39 Å². The molecule has 0 saturated carbocycles. The first-order valence-electron chi connectivity index (χ1n) is 9.99. The number of carbonyl (C=O) groups is 1. The molecule has 1 aliphatic heterocycles. The first-order valence-corrected chi connectivity index (χ1v) is 9.99. The number of aromatic amines is 1. The van der Waals surface area contributed by atoms with Gasteiger partial charge in [0.2, 0.25) is 5.76 Å². The molecule has 4 heterocycles. The number of methoxy groups -OCH3 is 1. The molecule has 8 nitrogen and oxygen atoms in total. The molecule has 1 aliphatic rings. The molecule has 5 rings (SSSR count). The molecular weight excluding hydrogens is 415 g/mol. The van der Waals surface area contributed by atoms with Gasteiger partial charge in [-0.1, -0.05) is 6.08 Å². The molecule has 2 N–H and O–H groups in total. The Hall–Kier alpha value is -4.14. The summed E-state index contributed by atoms with van der Waals surface area (Å²) >= 11 is 0. The van der Waals surface area contributed by atoms with Crippen LogP contribution in [0.2, 0.25) is 0 Å². The minimum absolute atomic E-state index is 0.00263. The predicted molar refractivity (Wildman–Crippen MR) is 115 cm³/mol. The van der Waals surface area contributed by atoms with Crippen LogP contribution in [-0.4, -0.2) is 51.2 Å². The molecule has 0 radical (unpaired) electrons.